The van der Waals surface area contributed by atoms with Crippen LogP contribution in [0.4, 0.5) is 0 Å². The van der Waals surface area contributed by atoms with E-state index in [0.29, 0.717) is 19.3 Å². The van der Waals surface area contributed by atoms with Gasteiger partial charge in [0.25, 0.3) is 0 Å². The van der Waals surface area contributed by atoms with Gasteiger partial charge in [0.2, 0.25) is 0 Å². The number of hydrogen-bond acceptors (Lipinski definition) is 6. The smallest absolute Gasteiger partial charge is 0.306 e. The third-order valence-electron chi connectivity index (χ3n) is 11.5. The maximum absolute atomic E-state index is 12.8. The zero-order valence-electron chi connectivity index (χ0n) is 44.5. The first-order valence-electron chi connectivity index (χ1n) is 28.0. The van der Waals surface area contributed by atoms with Crippen molar-refractivity contribution in [2.75, 3.05) is 13.2 Å². The van der Waals surface area contributed by atoms with E-state index < -0.39 is 6.10 Å². The summed E-state index contributed by atoms with van der Waals surface area (Å²) in [5, 5.41) is 0. The van der Waals surface area contributed by atoms with E-state index in [1.807, 2.05) is 0 Å². The van der Waals surface area contributed by atoms with Gasteiger partial charge >= 0.3 is 17.9 Å². The SMILES string of the molecule is CC/C=C\C/C=C\C/C=C\C/C=C\C/C=C\CCCCCCCC(=O)OCC(COC(=O)CCCCCCCCCCC)OC(=O)CCCCCCC/C=C\C/C=C\C/C=C\C/C=C\C/C=C\CC. The van der Waals surface area contributed by atoms with Crippen LogP contribution in [0.25, 0.3) is 0 Å². The molecule has 0 aromatic rings. The van der Waals surface area contributed by atoms with Gasteiger partial charge in [-0.05, 0) is 109 Å². The lowest BCUT2D eigenvalue weighted by Gasteiger charge is -2.18. The summed E-state index contributed by atoms with van der Waals surface area (Å²) in [6.45, 7) is 6.35. The molecule has 0 N–H and O–H groups in total. The molecule has 0 rings (SSSR count). The summed E-state index contributed by atoms with van der Waals surface area (Å²) < 4.78 is 16.8. The second-order valence-corrected chi connectivity index (χ2v) is 18.1. The largest absolute Gasteiger partial charge is 0.462 e. The molecular formula is C63H102O6. The number of carbonyl (C=O) groups is 3. The average Bonchev–Trinajstić information content (AvgIpc) is 3.35. The second-order valence-electron chi connectivity index (χ2n) is 18.1. The molecule has 6 nitrogen and oxygen atoms in total. The molecule has 6 heteroatoms. The Kier molecular flexibility index (Phi) is 53.0. The summed E-state index contributed by atoms with van der Waals surface area (Å²) >= 11 is 0. The van der Waals surface area contributed by atoms with Crippen LogP contribution >= 0.6 is 0 Å². The number of ether oxygens (including phenoxy) is 3. The van der Waals surface area contributed by atoms with E-state index >= 15 is 0 Å². The Morgan fingerprint density at radius 3 is 0.884 bits per heavy atom. The number of unbranched alkanes of at least 4 members (excludes halogenated alkanes) is 18. The fraction of sp³-hybridized carbons (Fsp3) is 0.635. The molecule has 0 aliphatic rings. The molecule has 0 saturated carbocycles. The molecular weight excluding hydrogens is 853 g/mol. The lowest BCUT2D eigenvalue weighted by Crippen LogP contribution is -2.30. The van der Waals surface area contributed by atoms with Crippen molar-refractivity contribution >= 4 is 17.9 Å². The van der Waals surface area contributed by atoms with Crippen LogP contribution in [0.3, 0.4) is 0 Å². The molecule has 0 amide bonds. The lowest BCUT2D eigenvalue weighted by molar-refractivity contribution is -0.167. The van der Waals surface area contributed by atoms with Crippen LogP contribution in [-0.2, 0) is 28.6 Å². The van der Waals surface area contributed by atoms with Gasteiger partial charge in [-0.1, -0.05) is 232 Å². The zero-order chi connectivity index (χ0) is 50.0. The van der Waals surface area contributed by atoms with Gasteiger partial charge in [0, 0.05) is 19.3 Å². The van der Waals surface area contributed by atoms with Gasteiger partial charge in [0.1, 0.15) is 13.2 Å². The van der Waals surface area contributed by atoms with Crippen molar-refractivity contribution in [3.05, 3.63) is 122 Å². The molecule has 0 aliphatic heterocycles. The highest BCUT2D eigenvalue weighted by molar-refractivity contribution is 5.71. The molecule has 1 atom stereocenters. The Morgan fingerprint density at radius 1 is 0.304 bits per heavy atom. The Labute approximate surface area is 424 Å². The third-order valence-corrected chi connectivity index (χ3v) is 11.5. The molecule has 1 unspecified atom stereocenters. The maximum atomic E-state index is 12.8. The summed E-state index contributed by atoms with van der Waals surface area (Å²) in [7, 11) is 0. The number of carbonyl (C=O) groups excluding carboxylic acids is 3. The first kappa shape index (κ1) is 64.8. The highest BCUT2D eigenvalue weighted by Gasteiger charge is 2.19. The van der Waals surface area contributed by atoms with E-state index in [1.54, 1.807) is 0 Å². The van der Waals surface area contributed by atoms with E-state index in [0.717, 1.165) is 161 Å². The summed E-state index contributed by atoms with van der Waals surface area (Å²) in [6, 6.07) is 0. The number of hydrogen-bond donors (Lipinski definition) is 0. The minimum absolute atomic E-state index is 0.0943. The van der Waals surface area contributed by atoms with E-state index in [2.05, 4.69) is 142 Å². The van der Waals surface area contributed by atoms with Crippen molar-refractivity contribution < 1.29 is 28.6 Å². The second kappa shape index (κ2) is 56.4. The normalized spacial score (nSPS) is 13.0. The van der Waals surface area contributed by atoms with Gasteiger partial charge in [-0.2, -0.15) is 0 Å². The van der Waals surface area contributed by atoms with E-state index in [4.69, 9.17) is 14.2 Å². The van der Waals surface area contributed by atoms with Crippen LogP contribution in [0.1, 0.15) is 239 Å². The van der Waals surface area contributed by atoms with Crippen molar-refractivity contribution in [2.45, 2.75) is 245 Å². The van der Waals surface area contributed by atoms with Crippen LogP contribution in [0.15, 0.2) is 122 Å². The molecule has 69 heavy (non-hydrogen) atoms. The van der Waals surface area contributed by atoms with Crippen LogP contribution in [0, 0.1) is 0 Å². The number of allylic oxidation sites excluding steroid dienone is 20. The van der Waals surface area contributed by atoms with Crippen molar-refractivity contribution in [2.24, 2.45) is 0 Å². The first-order chi connectivity index (χ1) is 34.0. The predicted octanol–water partition coefficient (Wildman–Crippen LogP) is 18.9. The van der Waals surface area contributed by atoms with Gasteiger partial charge in [-0.3, -0.25) is 14.4 Å². The van der Waals surface area contributed by atoms with Gasteiger partial charge in [-0.15, -0.1) is 0 Å². The molecule has 0 saturated heterocycles. The Hall–Kier alpha value is -4.19. The Balaban J connectivity index is 4.40. The van der Waals surface area contributed by atoms with Crippen LogP contribution in [0.5, 0.6) is 0 Å². The molecule has 0 aromatic carbocycles. The van der Waals surface area contributed by atoms with Crippen molar-refractivity contribution in [3.8, 4) is 0 Å². The van der Waals surface area contributed by atoms with Crippen molar-refractivity contribution in [1.82, 2.24) is 0 Å². The molecule has 0 aromatic heterocycles. The highest BCUT2D eigenvalue weighted by atomic mass is 16.6. The molecule has 0 radical (unpaired) electrons. The van der Waals surface area contributed by atoms with Gasteiger partial charge < -0.3 is 14.2 Å². The van der Waals surface area contributed by atoms with Gasteiger partial charge in [0.15, 0.2) is 6.10 Å². The van der Waals surface area contributed by atoms with Crippen molar-refractivity contribution in [1.29, 1.82) is 0 Å². The van der Waals surface area contributed by atoms with Gasteiger partial charge in [-0.25, -0.2) is 0 Å². The monoisotopic (exact) mass is 955 g/mol. The van der Waals surface area contributed by atoms with E-state index in [1.165, 1.54) is 38.5 Å². The Bertz CT molecular complexity index is 1470. The molecule has 0 heterocycles. The molecule has 0 spiro atoms. The third kappa shape index (κ3) is 54.6. The van der Waals surface area contributed by atoms with Crippen LogP contribution < -0.4 is 0 Å². The Morgan fingerprint density at radius 2 is 0.565 bits per heavy atom. The highest BCUT2D eigenvalue weighted by Crippen LogP contribution is 2.14. The summed E-state index contributed by atoms with van der Waals surface area (Å²) in [6.07, 6.45) is 77.6. The van der Waals surface area contributed by atoms with Gasteiger partial charge in [0.05, 0.1) is 0 Å². The fourth-order valence-electron chi connectivity index (χ4n) is 7.32. The fourth-order valence-corrected chi connectivity index (χ4v) is 7.32. The number of rotatable bonds is 49. The minimum Gasteiger partial charge on any atom is -0.462 e. The molecule has 0 bridgehead atoms. The molecule has 390 valence electrons. The average molecular weight is 956 g/mol. The first-order valence-corrected chi connectivity index (χ1v) is 28.0. The summed E-state index contributed by atoms with van der Waals surface area (Å²) in [4.78, 5) is 38.0. The topological polar surface area (TPSA) is 78.9 Å². The molecule has 0 fully saturated rings. The van der Waals surface area contributed by atoms with Crippen LogP contribution in [0.2, 0.25) is 0 Å². The van der Waals surface area contributed by atoms with Crippen molar-refractivity contribution in [3.63, 3.8) is 0 Å². The zero-order valence-corrected chi connectivity index (χ0v) is 44.5. The maximum Gasteiger partial charge on any atom is 0.306 e. The van der Waals surface area contributed by atoms with Crippen LogP contribution in [-0.4, -0.2) is 37.2 Å². The van der Waals surface area contributed by atoms with E-state index in [-0.39, 0.29) is 31.1 Å². The summed E-state index contributed by atoms with van der Waals surface area (Å²) in [5.74, 6) is -0.939. The quantitative estimate of drug-likeness (QED) is 0.0262. The molecule has 0 aliphatic carbocycles. The van der Waals surface area contributed by atoms with E-state index in [9.17, 15) is 14.4 Å². The lowest BCUT2D eigenvalue weighted by atomic mass is 10.1. The summed E-state index contributed by atoms with van der Waals surface area (Å²) in [5.41, 5.74) is 0. The minimum atomic E-state index is -0.798. The number of esters is 3. The standard InChI is InChI=1S/C63H102O6/c1-4-7-10-13-16-19-21-23-25-27-29-31-33-35-37-39-41-44-47-50-53-56-62(65)68-59-60(58-67-61(64)55-52-49-46-43-18-15-12-9-6-3)69-63(66)57-54-51-48-45-42-40-38-36-34-32-30-28-26-24-22-20-17-14-11-8-5-2/h7-8,10-11,16-17,19-20,23-26,29-32,35-38,60H,4-6,9,12-15,18,21-22,27-28,33-34,39-59H2,1-3H3/b10-7-,11-8-,19-16-,20-17-,25-23-,26-24-,31-29-,32-30-,37-35-,38-36-. The predicted molar refractivity (Wildman–Crippen MR) is 297 cm³/mol.